The number of nitrogens with zero attached hydrogens (tertiary/aromatic N) is 2. The van der Waals surface area contributed by atoms with E-state index in [0.29, 0.717) is 11.6 Å². The number of nitrogens with one attached hydrogen (secondary N) is 1. The van der Waals surface area contributed by atoms with Gasteiger partial charge in [0.1, 0.15) is 11.4 Å². The van der Waals surface area contributed by atoms with Crippen LogP contribution >= 0.6 is 0 Å². The van der Waals surface area contributed by atoms with Gasteiger partial charge in [0, 0.05) is 17.5 Å². The molecule has 0 aromatic carbocycles. The number of hydrogen-bond acceptors (Lipinski definition) is 5. The minimum Gasteiger partial charge on any atom is -0.462 e. The third-order valence-electron chi connectivity index (χ3n) is 4.07. The fourth-order valence-electron chi connectivity index (χ4n) is 2.51. The Labute approximate surface area is 134 Å². The van der Waals surface area contributed by atoms with Crippen molar-refractivity contribution in [1.82, 2.24) is 9.97 Å². The van der Waals surface area contributed by atoms with E-state index in [-0.39, 0.29) is 29.8 Å². The largest absolute Gasteiger partial charge is 0.462 e. The molecule has 23 heavy (non-hydrogen) atoms. The Bertz CT molecular complexity index is 756. The average Bonchev–Trinajstić information content (AvgIpc) is 3.38. The van der Waals surface area contributed by atoms with Gasteiger partial charge in [0.15, 0.2) is 5.65 Å². The third-order valence-corrected chi connectivity index (χ3v) is 4.07. The van der Waals surface area contributed by atoms with Crippen LogP contribution in [0, 0.1) is 11.8 Å². The first-order valence-electron chi connectivity index (χ1n) is 7.84. The summed E-state index contributed by atoms with van der Waals surface area (Å²) in [6.45, 7) is 3.90. The van der Waals surface area contributed by atoms with Gasteiger partial charge in [-0.05, 0) is 43.9 Å². The second-order valence-corrected chi connectivity index (χ2v) is 5.77. The van der Waals surface area contributed by atoms with Crippen molar-refractivity contribution in [2.24, 2.45) is 11.8 Å². The average molecular weight is 313 g/mol. The number of rotatable bonds is 5. The zero-order valence-corrected chi connectivity index (χ0v) is 13.2. The molecule has 0 saturated heterocycles. The van der Waals surface area contributed by atoms with Crippen LogP contribution in [-0.4, -0.2) is 28.5 Å². The smallest absolute Gasteiger partial charge is 0.341 e. The first-order valence-corrected chi connectivity index (χ1v) is 7.84. The standard InChI is InChI=1S/C17H19N3O3/c1-3-23-17(22)13-9-12-5-4-8-18-14(12)19-15(13)20-16(21)10(2)11-6-7-11/h4-5,8-11H,3,6-7H2,1-2H3,(H,18,19,20,21)/t10-/m0/s1. The quantitative estimate of drug-likeness (QED) is 0.858. The van der Waals surface area contributed by atoms with Crippen LogP contribution < -0.4 is 5.32 Å². The van der Waals surface area contributed by atoms with Gasteiger partial charge >= 0.3 is 5.97 Å². The van der Waals surface area contributed by atoms with E-state index in [1.54, 1.807) is 25.3 Å². The molecule has 2 aromatic rings. The first-order chi connectivity index (χ1) is 11.1. The molecular weight excluding hydrogens is 294 g/mol. The summed E-state index contributed by atoms with van der Waals surface area (Å²) in [4.78, 5) is 33.0. The molecule has 1 aliphatic carbocycles. The minimum atomic E-state index is -0.500. The van der Waals surface area contributed by atoms with Crippen LogP contribution in [0.5, 0.6) is 0 Å². The minimum absolute atomic E-state index is 0.0914. The maximum absolute atomic E-state index is 12.3. The number of esters is 1. The second kappa shape index (κ2) is 6.32. The Morgan fingerprint density at radius 3 is 2.91 bits per heavy atom. The van der Waals surface area contributed by atoms with Gasteiger partial charge in [-0.1, -0.05) is 6.92 Å². The maximum Gasteiger partial charge on any atom is 0.341 e. The Morgan fingerprint density at radius 2 is 2.22 bits per heavy atom. The van der Waals surface area contributed by atoms with Crippen LogP contribution in [-0.2, 0) is 9.53 Å². The summed E-state index contributed by atoms with van der Waals surface area (Å²) < 4.78 is 5.07. The number of ether oxygens (including phenoxy) is 1. The van der Waals surface area contributed by atoms with Crippen LogP contribution in [0.1, 0.15) is 37.0 Å². The van der Waals surface area contributed by atoms with Gasteiger partial charge in [0.2, 0.25) is 5.91 Å². The van der Waals surface area contributed by atoms with Crippen LogP contribution in [0.3, 0.4) is 0 Å². The van der Waals surface area contributed by atoms with Crippen molar-refractivity contribution in [1.29, 1.82) is 0 Å². The van der Waals surface area contributed by atoms with Crippen molar-refractivity contribution in [3.8, 4) is 0 Å². The second-order valence-electron chi connectivity index (χ2n) is 5.77. The lowest BCUT2D eigenvalue weighted by molar-refractivity contribution is -0.119. The van der Waals surface area contributed by atoms with Crippen molar-refractivity contribution in [3.05, 3.63) is 30.0 Å². The van der Waals surface area contributed by atoms with Gasteiger partial charge in [-0.2, -0.15) is 0 Å². The van der Waals surface area contributed by atoms with E-state index in [9.17, 15) is 9.59 Å². The fraction of sp³-hybridized carbons (Fsp3) is 0.412. The number of hydrogen-bond donors (Lipinski definition) is 1. The van der Waals surface area contributed by atoms with E-state index >= 15 is 0 Å². The first kappa shape index (κ1) is 15.4. The van der Waals surface area contributed by atoms with Gasteiger partial charge < -0.3 is 10.1 Å². The van der Waals surface area contributed by atoms with E-state index in [2.05, 4.69) is 15.3 Å². The number of carbonyl (C=O) groups is 2. The monoisotopic (exact) mass is 313 g/mol. The molecule has 0 aliphatic heterocycles. The number of amides is 1. The molecule has 0 unspecified atom stereocenters. The lowest BCUT2D eigenvalue weighted by atomic mass is 10.1. The van der Waals surface area contributed by atoms with E-state index < -0.39 is 5.97 Å². The normalized spacial score (nSPS) is 15.2. The number of fused-ring (bicyclic) bond motifs is 1. The van der Waals surface area contributed by atoms with Gasteiger partial charge in [0.05, 0.1) is 6.61 Å². The summed E-state index contributed by atoms with van der Waals surface area (Å²) in [6, 6.07) is 5.24. The Balaban J connectivity index is 1.96. The van der Waals surface area contributed by atoms with Gasteiger partial charge in [-0.25, -0.2) is 14.8 Å². The van der Waals surface area contributed by atoms with Crippen LogP contribution in [0.15, 0.2) is 24.4 Å². The van der Waals surface area contributed by atoms with Crippen molar-refractivity contribution in [2.75, 3.05) is 11.9 Å². The van der Waals surface area contributed by atoms with Gasteiger partial charge in [0.25, 0.3) is 0 Å². The molecule has 2 aromatic heterocycles. The highest BCUT2D eigenvalue weighted by atomic mass is 16.5. The van der Waals surface area contributed by atoms with Crippen LogP contribution in [0.4, 0.5) is 5.82 Å². The maximum atomic E-state index is 12.3. The van der Waals surface area contributed by atoms with Crippen molar-refractivity contribution >= 4 is 28.7 Å². The molecule has 1 N–H and O–H groups in total. The van der Waals surface area contributed by atoms with Gasteiger partial charge in [-0.3, -0.25) is 4.79 Å². The zero-order valence-electron chi connectivity index (χ0n) is 13.2. The molecule has 1 fully saturated rings. The molecule has 3 rings (SSSR count). The molecule has 1 saturated carbocycles. The summed E-state index contributed by atoms with van der Waals surface area (Å²) in [6.07, 6.45) is 3.77. The van der Waals surface area contributed by atoms with Gasteiger partial charge in [-0.15, -0.1) is 0 Å². The van der Waals surface area contributed by atoms with E-state index in [1.807, 2.05) is 13.0 Å². The zero-order chi connectivity index (χ0) is 16.4. The number of carbonyl (C=O) groups excluding carboxylic acids is 2. The van der Waals surface area contributed by atoms with E-state index in [4.69, 9.17) is 4.74 Å². The summed E-state index contributed by atoms with van der Waals surface area (Å²) in [7, 11) is 0. The summed E-state index contributed by atoms with van der Waals surface area (Å²) in [5, 5.41) is 3.50. The molecule has 0 spiro atoms. The molecule has 6 nitrogen and oxygen atoms in total. The topological polar surface area (TPSA) is 81.2 Å². The van der Waals surface area contributed by atoms with Crippen molar-refractivity contribution < 1.29 is 14.3 Å². The third kappa shape index (κ3) is 3.31. The number of aromatic nitrogens is 2. The highest BCUT2D eigenvalue weighted by Gasteiger charge is 2.33. The lowest BCUT2D eigenvalue weighted by Gasteiger charge is -2.13. The van der Waals surface area contributed by atoms with Crippen LogP contribution in [0.25, 0.3) is 11.0 Å². The SMILES string of the molecule is CCOC(=O)c1cc2cccnc2nc1NC(=O)[C@@H](C)C1CC1. The molecule has 0 radical (unpaired) electrons. The number of anilines is 1. The Kier molecular flexibility index (Phi) is 4.23. The summed E-state index contributed by atoms with van der Waals surface area (Å²) in [5.41, 5.74) is 0.735. The van der Waals surface area contributed by atoms with E-state index in [0.717, 1.165) is 18.2 Å². The fourth-order valence-corrected chi connectivity index (χ4v) is 2.51. The van der Waals surface area contributed by atoms with E-state index in [1.165, 1.54) is 0 Å². The summed E-state index contributed by atoms with van der Waals surface area (Å²) in [5.74, 6) is -0.0704. The predicted octanol–water partition coefficient (Wildman–Crippen LogP) is 2.79. The number of pyridine rings is 2. The molecule has 1 aliphatic rings. The Hall–Kier alpha value is -2.50. The van der Waals surface area contributed by atoms with Crippen LogP contribution in [0.2, 0.25) is 0 Å². The molecule has 1 amide bonds. The van der Waals surface area contributed by atoms with Crippen molar-refractivity contribution in [2.45, 2.75) is 26.7 Å². The predicted molar refractivity (Wildman–Crippen MR) is 86.0 cm³/mol. The molecule has 1 atom stereocenters. The Morgan fingerprint density at radius 1 is 1.43 bits per heavy atom. The summed E-state index contributed by atoms with van der Waals surface area (Å²) >= 11 is 0. The highest BCUT2D eigenvalue weighted by Crippen LogP contribution is 2.37. The molecule has 120 valence electrons. The molecular formula is C17H19N3O3. The lowest BCUT2D eigenvalue weighted by Crippen LogP contribution is -2.24. The van der Waals surface area contributed by atoms with Crippen molar-refractivity contribution in [3.63, 3.8) is 0 Å². The molecule has 0 bridgehead atoms. The molecule has 6 heteroatoms. The highest BCUT2D eigenvalue weighted by molar-refractivity contribution is 6.03. The molecule has 2 heterocycles.